The number of phenols is 3. The van der Waals surface area contributed by atoms with Gasteiger partial charge in [-0.05, 0) is 29.8 Å². The third-order valence-corrected chi connectivity index (χ3v) is 3.45. The van der Waals surface area contributed by atoms with E-state index in [4.69, 9.17) is 5.11 Å². The summed E-state index contributed by atoms with van der Waals surface area (Å²) in [7, 11) is 0. The highest BCUT2D eigenvalue weighted by Gasteiger charge is 2.36. The lowest BCUT2D eigenvalue weighted by Crippen LogP contribution is -2.21. The van der Waals surface area contributed by atoms with Crippen molar-refractivity contribution in [3.05, 3.63) is 52.1 Å². The maximum atomic E-state index is 12.4. The first-order chi connectivity index (χ1) is 9.95. The lowest BCUT2D eigenvalue weighted by atomic mass is 9.82. The molecule has 0 radical (unpaired) electrons. The van der Waals surface area contributed by atoms with Gasteiger partial charge in [-0.3, -0.25) is 9.59 Å². The number of fused-ring (bicyclic) bond motifs is 2. The largest absolute Gasteiger partial charge is 0.507 e. The molecule has 1 aliphatic carbocycles. The van der Waals surface area contributed by atoms with Gasteiger partial charge in [0, 0.05) is 5.56 Å². The van der Waals surface area contributed by atoms with Crippen LogP contribution in [0.4, 0.5) is 0 Å². The minimum atomic E-state index is -0.755. The van der Waals surface area contributed by atoms with Crippen molar-refractivity contribution in [2.75, 3.05) is 0 Å². The van der Waals surface area contributed by atoms with Gasteiger partial charge < -0.3 is 20.4 Å². The molecule has 4 N–H and O–H groups in total. The summed E-state index contributed by atoms with van der Waals surface area (Å²) in [6.07, 6.45) is 0. The number of aliphatic hydroxyl groups excluding tert-OH is 1. The van der Waals surface area contributed by atoms with E-state index in [0.717, 1.165) is 12.1 Å². The molecular formula is C15H10O6. The molecule has 0 amide bonds. The first-order valence-electron chi connectivity index (χ1n) is 6.06. The number of ketones is 2. The number of hydrogen-bond donors (Lipinski definition) is 4. The summed E-state index contributed by atoms with van der Waals surface area (Å²) in [6.45, 7) is -0.415. The van der Waals surface area contributed by atoms with E-state index in [-0.39, 0.29) is 27.8 Å². The fraction of sp³-hybridized carbons (Fsp3) is 0.0667. The van der Waals surface area contributed by atoms with Crippen LogP contribution < -0.4 is 0 Å². The molecule has 0 aromatic heterocycles. The molecule has 0 saturated heterocycles. The van der Waals surface area contributed by atoms with Crippen molar-refractivity contribution in [1.82, 2.24) is 0 Å². The average Bonchev–Trinajstić information content (AvgIpc) is 2.46. The molecule has 0 aliphatic heterocycles. The predicted molar refractivity (Wildman–Crippen MR) is 70.7 cm³/mol. The van der Waals surface area contributed by atoms with Crippen LogP contribution in [0.25, 0.3) is 0 Å². The number of phenolic OH excluding ortho intramolecular Hbond substituents is 3. The number of rotatable bonds is 1. The van der Waals surface area contributed by atoms with Gasteiger partial charge in [-0.25, -0.2) is 0 Å². The Bertz CT molecular complexity index is 806. The zero-order valence-corrected chi connectivity index (χ0v) is 10.6. The summed E-state index contributed by atoms with van der Waals surface area (Å²) < 4.78 is 0. The maximum Gasteiger partial charge on any atom is 0.202 e. The van der Waals surface area contributed by atoms with Crippen LogP contribution in [0, 0.1) is 0 Å². The van der Waals surface area contributed by atoms with Gasteiger partial charge in [0.05, 0.1) is 23.3 Å². The topological polar surface area (TPSA) is 115 Å². The number of hydrogen-bond acceptors (Lipinski definition) is 6. The van der Waals surface area contributed by atoms with Gasteiger partial charge in [0.25, 0.3) is 0 Å². The van der Waals surface area contributed by atoms with Crippen molar-refractivity contribution >= 4 is 11.6 Å². The molecule has 6 nitrogen and oxygen atoms in total. The highest BCUT2D eigenvalue weighted by atomic mass is 16.3. The molecular weight excluding hydrogens is 276 g/mol. The van der Waals surface area contributed by atoms with Crippen LogP contribution in [0.1, 0.15) is 37.4 Å². The molecule has 0 unspecified atom stereocenters. The van der Waals surface area contributed by atoms with Crippen molar-refractivity contribution in [3.63, 3.8) is 0 Å². The van der Waals surface area contributed by atoms with Crippen LogP contribution in [-0.2, 0) is 6.61 Å². The highest BCUT2D eigenvalue weighted by molar-refractivity contribution is 6.31. The number of aromatic hydroxyl groups is 3. The van der Waals surface area contributed by atoms with Crippen LogP contribution >= 0.6 is 0 Å². The Morgan fingerprint density at radius 2 is 1.33 bits per heavy atom. The average molecular weight is 286 g/mol. The zero-order chi connectivity index (χ0) is 15.3. The summed E-state index contributed by atoms with van der Waals surface area (Å²) in [5, 5.41) is 38.6. The van der Waals surface area contributed by atoms with Crippen LogP contribution in [0.3, 0.4) is 0 Å². The van der Waals surface area contributed by atoms with Crippen molar-refractivity contribution in [2.24, 2.45) is 0 Å². The fourth-order valence-corrected chi connectivity index (χ4v) is 2.49. The second-order valence-electron chi connectivity index (χ2n) is 4.71. The first-order valence-corrected chi connectivity index (χ1v) is 6.06. The molecule has 2 aromatic carbocycles. The van der Waals surface area contributed by atoms with Crippen LogP contribution in [0.5, 0.6) is 17.2 Å². The number of carbonyl (C=O) groups is 2. The fourth-order valence-electron chi connectivity index (χ4n) is 2.49. The predicted octanol–water partition coefficient (Wildman–Crippen LogP) is 1.07. The Morgan fingerprint density at radius 3 is 1.90 bits per heavy atom. The van der Waals surface area contributed by atoms with Gasteiger partial charge in [-0.15, -0.1) is 0 Å². The van der Waals surface area contributed by atoms with E-state index >= 15 is 0 Å². The van der Waals surface area contributed by atoms with E-state index in [1.807, 2.05) is 0 Å². The Morgan fingerprint density at radius 1 is 0.762 bits per heavy atom. The minimum Gasteiger partial charge on any atom is -0.507 e. The molecule has 0 fully saturated rings. The monoisotopic (exact) mass is 286 g/mol. The number of carbonyl (C=O) groups excluding carboxylic acids is 2. The Kier molecular flexibility index (Phi) is 2.70. The molecule has 0 heterocycles. The van der Waals surface area contributed by atoms with Gasteiger partial charge >= 0.3 is 0 Å². The van der Waals surface area contributed by atoms with Crippen LogP contribution in [0.15, 0.2) is 24.3 Å². The lowest BCUT2D eigenvalue weighted by molar-refractivity contribution is 0.0971. The summed E-state index contributed by atoms with van der Waals surface area (Å²) in [6, 6.07) is 4.67. The second kappa shape index (κ2) is 4.32. The molecule has 1 aliphatic rings. The van der Waals surface area contributed by atoms with E-state index in [1.165, 1.54) is 12.1 Å². The molecule has 0 saturated carbocycles. The number of aliphatic hydroxyl groups is 1. The normalized spacial score (nSPS) is 13.0. The molecule has 0 atom stereocenters. The van der Waals surface area contributed by atoms with Gasteiger partial charge in [0.2, 0.25) is 5.78 Å². The molecule has 3 rings (SSSR count). The van der Waals surface area contributed by atoms with Gasteiger partial charge in [0.15, 0.2) is 5.78 Å². The summed E-state index contributed by atoms with van der Waals surface area (Å²) in [4.78, 5) is 24.8. The van der Waals surface area contributed by atoms with Crippen molar-refractivity contribution < 1.29 is 30.0 Å². The van der Waals surface area contributed by atoms with Crippen LogP contribution in [-0.4, -0.2) is 32.0 Å². The van der Waals surface area contributed by atoms with Crippen molar-refractivity contribution in [3.8, 4) is 17.2 Å². The smallest absolute Gasteiger partial charge is 0.202 e. The van der Waals surface area contributed by atoms with E-state index in [2.05, 4.69) is 0 Å². The zero-order valence-electron chi connectivity index (χ0n) is 10.6. The van der Waals surface area contributed by atoms with Crippen LogP contribution in [0.2, 0.25) is 0 Å². The van der Waals surface area contributed by atoms with Crippen molar-refractivity contribution in [1.29, 1.82) is 0 Å². The van der Waals surface area contributed by atoms with E-state index in [1.54, 1.807) is 0 Å². The van der Waals surface area contributed by atoms with E-state index < -0.39 is 35.4 Å². The quantitative estimate of drug-likeness (QED) is 0.497. The van der Waals surface area contributed by atoms with E-state index in [9.17, 15) is 24.9 Å². The summed E-state index contributed by atoms with van der Waals surface area (Å²) in [5.74, 6) is -2.78. The first kappa shape index (κ1) is 13.1. The van der Waals surface area contributed by atoms with Gasteiger partial charge in [-0.2, -0.15) is 0 Å². The number of benzene rings is 2. The molecule has 0 bridgehead atoms. The third kappa shape index (κ3) is 1.70. The molecule has 2 aromatic rings. The highest BCUT2D eigenvalue weighted by Crippen LogP contribution is 2.40. The SMILES string of the molecule is O=C1c2cc(CO)cc(O)c2C(=O)c2c(O)ccc(O)c21. The second-order valence-corrected chi connectivity index (χ2v) is 4.71. The van der Waals surface area contributed by atoms with Gasteiger partial charge in [0.1, 0.15) is 17.2 Å². The Labute approximate surface area is 118 Å². The standard InChI is InChI=1S/C15H10O6/c16-5-6-3-7-11(10(19)4-6)15(21)13-9(18)2-1-8(17)12(13)14(7)20/h1-4,16-19H,5H2. The lowest BCUT2D eigenvalue weighted by Gasteiger charge is -2.20. The third-order valence-electron chi connectivity index (χ3n) is 3.45. The summed E-state index contributed by atoms with van der Waals surface area (Å²) >= 11 is 0. The van der Waals surface area contributed by atoms with Crippen molar-refractivity contribution in [2.45, 2.75) is 6.61 Å². The van der Waals surface area contributed by atoms with E-state index in [0.29, 0.717) is 0 Å². The Balaban J connectivity index is 2.38. The Hall–Kier alpha value is -2.86. The minimum absolute atomic E-state index is 0.113. The molecule has 6 heteroatoms. The molecule has 106 valence electrons. The molecule has 21 heavy (non-hydrogen) atoms. The van der Waals surface area contributed by atoms with Gasteiger partial charge in [-0.1, -0.05) is 0 Å². The maximum absolute atomic E-state index is 12.4. The summed E-state index contributed by atoms with van der Waals surface area (Å²) in [5.41, 5.74) is -0.736. The molecule has 0 spiro atoms.